The number of carbonyl (C=O) groups excluding carboxylic acids is 2. The van der Waals surface area contributed by atoms with Crippen molar-refractivity contribution in [3.63, 3.8) is 0 Å². The maximum atomic E-state index is 12.5. The normalized spacial score (nSPS) is 10.1. The van der Waals surface area contributed by atoms with Crippen molar-refractivity contribution >= 4 is 11.8 Å². The molecular weight excluding hydrogens is 368 g/mol. The maximum Gasteiger partial charge on any atom is 0.273 e. The molecule has 3 rings (SSSR count). The van der Waals surface area contributed by atoms with E-state index in [1.54, 1.807) is 55.6 Å². The monoisotopic (exact) mass is 390 g/mol. The standard InChI is InChI=1S/C23H22N2O4/c1-28-19-13-11-18(12-14-19)22(26)24-25-23(27)20-9-5-6-10-21(20)29-16-15-17-7-3-2-4-8-17/h2-14H,15-16H2,1H3,(H,24,26)(H,25,27). The number of hydrazine groups is 1. The molecule has 0 heterocycles. The quantitative estimate of drug-likeness (QED) is 0.607. The zero-order valence-electron chi connectivity index (χ0n) is 16.1. The van der Waals surface area contributed by atoms with Gasteiger partial charge in [0.2, 0.25) is 0 Å². The molecule has 0 aliphatic heterocycles. The molecule has 29 heavy (non-hydrogen) atoms. The highest BCUT2D eigenvalue weighted by molar-refractivity contribution is 6.00. The molecule has 0 atom stereocenters. The largest absolute Gasteiger partial charge is 0.497 e. The predicted molar refractivity (Wildman–Crippen MR) is 110 cm³/mol. The summed E-state index contributed by atoms with van der Waals surface area (Å²) in [6.07, 6.45) is 0.727. The van der Waals surface area contributed by atoms with Gasteiger partial charge in [-0.2, -0.15) is 0 Å². The number of rotatable bonds is 7. The van der Waals surface area contributed by atoms with E-state index in [4.69, 9.17) is 9.47 Å². The van der Waals surface area contributed by atoms with Crippen molar-refractivity contribution in [2.24, 2.45) is 0 Å². The van der Waals surface area contributed by atoms with Crippen LogP contribution in [0.3, 0.4) is 0 Å². The summed E-state index contributed by atoms with van der Waals surface area (Å²) in [6, 6.07) is 23.4. The van der Waals surface area contributed by atoms with Crippen LogP contribution in [0.2, 0.25) is 0 Å². The second-order valence-corrected chi connectivity index (χ2v) is 6.22. The van der Waals surface area contributed by atoms with Crippen molar-refractivity contribution in [1.29, 1.82) is 0 Å². The van der Waals surface area contributed by atoms with E-state index in [0.717, 1.165) is 12.0 Å². The lowest BCUT2D eigenvalue weighted by Gasteiger charge is -2.12. The van der Waals surface area contributed by atoms with E-state index in [1.807, 2.05) is 30.3 Å². The van der Waals surface area contributed by atoms with Crippen molar-refractivity contribution < 1.29 is 19.1 Å². The van der Waals surface area contributed by atoms with Gasteiger partial charge in [-0.1, -0.05) is 42.5 Å². The fourth-order valence-corrected chi connectivity index (χ4v) is 2.70. The van der Waals surface area contributed by atoms with Gasteiger partial charge < -0.3 is 9.47 Å². The van der Waals surface area contributed by atoms with Crippen LogP contribution in [0.4, 0.5) is 0 Å². The number of hydrogen-bond donors (Lipinski definition) is 2. The molecule has 0 aromatic heterocycles. The summed E-state index contributed by atoms with van der Waals surface area (Å²) in [7, 11) is 1.55. The van der Waals surface area contributed by atoms with Crippen LogP contribution in [0.5, 0.6) is 11.5 Å². The number of benzene rings is 3. The molecule has 0 saturated heterocycles. The smallest absolute Gasteiger partial charge is 0.273 e. The SMILES string of the molecule is COc1ccc(C(=O)NNC(=O)c2ccccc2OCCc2ccccc2)cc1. The van der Waals surface area contributed by atoms with E-state index in [-0.39, 0.29) is 0 Å². The van der Waals surface area contributed by atoms with E-state index in [0.29, 0.717) is 29.2 Å². The lowest BCUT2D eigenvalue weighted by Crippen LogP contribution is -2.41. The van der Waals surface area contributed by atoms with Gasteiger partial charge >= 0.3 is 0 Å². The summed E-state index contributed by atoms with van der Waals surface area (Å²) in [6.45, 7) is 0.437. The third kappa shape index (κ3) is 5.59. The summed E-state index contributed by atoms with van der Waals surface area (Å²) in [5.41, 5.74) is 6.73. The summed E-state index contributed by atoms with van der Waals surface area (Å²) < 4.78 is 10.9. The van der Waals surface area contributed by atoms with Crippen molar-refractivity contribution in [2.75, 3.05) is 13.7 Å². The van der Waals surface area contributed by atoms with Crippen LogP contribution in [0.25, 0.3) is 0 Å². The van der Waals surface area contributed by atoms with Gasteiger partial charge in [0, 0.05) is 12.0 Å². The molecule has 0 bridgehead atoms. The molecule has 6 nitrogen and oxygen atoms in total. The van der Waals surface area contributed by atoms with Gasteiger partial charge in [0.25, 0.3) is 11.8 Å². The Morgan fingerprint density at radius 1 is 0.793 bits per heavy atom. The van der Waals surface area contributed by atoms with Crippen LogP contribution in [-0.2, 0) is 6.42 Å². The van der Waals surface area contributed by atoms with E-state index >= 15 is 0 Å². The highest BCUT2D eigenvalue weighted by atomic mass is 16.5. The maximum absolute atomic E-state index is 12.5. The molecule has 0 aliphatic rings. The van der Waals surface area contributed by atoms with Crippen molar-refractivity contribution in [3.05, 3.63) is 95.6 Å². The molecular formula is C23H22N2O4. The summed E-state index contributed by atoms with van der Waals surface area (Å²) >= 11 is 0. The van der Waals surface area contributed by atoms with E-state index in [9.17, 15) is 9.59 Å². The van der Waals surface area contributed by atoms with Gasteiger partial charge in [0.05, 0.1) is 19.3 Å². The second kappa shape index (κ2) is 9.94. The van der Waals surface area contributed by atoms with Gasteiger partial charge in [0.1, 0.15) is 11.5 Å². The molecule has 2 N–H and O–H groups in total. The van der Waals surface area contributed by atoms with Gasteiger partial charge in [0.15, 0.2) is 0 Å². The number of ether oxygens (including phenoxy) is 2. The summed E-state index contributed by atoms with van der Waals surface area (Å²) in [4.78, 5) is 24.7. The number of para-hydroxylation sites is 1. The first-order chi connectivity index (χ1) is 14.2. The molecule has 0 unspecified atom stereocenters. The zero-order chi connectivity index (χ0) is 20.5. The molecule has 3 aromatic rings. The van der Waals surface area contributed by atoms with Crippen molar-refractivity contribution in [3.8, 4) is 11.5 Å². The Hall–Kier alpha value is -3.80. The first-order valence-electron chi connectivity index (χ1n) is 9.18. The minimum absolute atomic E-state index is 0.343. The number of nitrogens with one attached hydrogen (secondary N) is 2. The van der Waals surface area contributed by atoms with Gasteiger partial charge in [-0.15, -0.1) is 0 Å². The zero-order valence-corrected chi connectivity index (χ0v) is 16.1. The number of hydrogen-bond acceptors (Lipinski definition) is 4. The third-order valence-electron chi connectivity index (χ3n) is 4.26. The number of carbonyl (C=O) groups is 2. The molecule has 0 spiro atoms. The number of methoxy groups -OCH3 is 1. The Bertz CT molecular complexity index is 956. The molecule has 148 valence electrons. The average Bonchev–Trinajstić information content (AvgIpc) is 2.78. The second-order valence-electron chi connectivity index (χ2n) is 6.22. The lowest BCUT2D eigenvalue weighted by atomic mass is 10.1. The topological polar surface area (TPSA) is 76.7 Å². The highest BCUT2D eigenvalue weighted by Gasteiger charge is 2.14. The van der Waals surface area contributed by atoms with Crippen LogP contribution in [-0.4, -0.2) is 25.5 Å². The van der Waals surface area contributed by atoms with Crippen LogP contribution in [0, 0.1) is 0 Å². The van der Waals surface area contributed by atoms with E-state index < -0.39 is 11.8 Å². The van der Waals surface area contributed by atoms with E-state index in [2.05, 4.69) is 10.9 Å². The lowest BCUT2D eigenvalue weighted by molar-refractivity contribution is 0.0844. The summed E-state index contributed by atoms with van der Waals surface area (Å²) in [5.74, 6) is 0.220. The Balaban J connectivity index is 1.56. The van der Waals surface area contributed by atoms with Crippen LogP contribution in [0.15, 0.2) is 78.9 Å². The molecule has 0 saturated carbocycles. The Morgan fingerprint density at radius 2 is 1.45 bits per heavy atom. The third-order valence-corrected chi connectivity index (χ3v) is 4.26. The molecule has 3 aromatic carbocycles. The molecule has 0 aliphatic carbocycles. The minimum atomic E-state index is -0.456. The molecule has 2 amide bonds. The fraction of sp³-hybridized carbons (Fsp3) is 0.130. The highest BCUT2D eigenvalue weighted by Crippen LogP contribution is 2.18. The van der Waals surface area contributed by atoms with Gasteiger partial charge in [-0.3, -0.25) is 20.4 Å². The van der Waals surface area contributed by atoms with Crippen LogP contribution in [0.1, 0.15) is 26.3 Å². The van der Waals surface area contributed by atoms with E-state index in [1.165, 1.54) is 0 Å². The van der Waals surface area contributed by atoms with Gasteiger partial charge in [-0.25, -0.2) is 0 Å². The fourth-order valence-electron chi connectivity index (χ4n) is 2.70. The number of amides is 2. The average molecular weight is 390 g/mol. The predicted octanol–water partition coefficient (Wildman–Crippen LogP) is 3.39. The minimum Gasteiger partial charge on any atom is -0.497 e. The first-order valence-corrected chi connectivity index (χ1v) is 9.18. The van der Waals surface area contributed by atoms with Gasteiger partial charge in [-0.05, 0) is 42.0 Å². The first kappa shape index (κ1) is 19.9. The molecule has 0 fully saturated rings. The summed E-state index contributed by atoms with van der Waals surface area (Å²) in [5, 5.41) is 0. The van der Waals surface area contributed by atoms with Crippen molar-refractivity contribution in [1.82, 2.24) is 10.9 Å². The Morgan fingerprint density at radius 3 is 2.17 bits per heavy atom. The Labute approximate surface area is 169 Å². The molecule has 6 heteroatoms. The van der Waals surface area contributed by atoms with Crippen LogP contribution >= 0.6 is 0 Å². The molecule has 0 radical (unpaired) electrons. The van der Waals surface area contributed by atoms with Crippen molar-refractivity contribution in [2.45, 2.75) is 6.42 Å². The Kier molecular flexibility index (Phi) is 6.84. The van der Waals surface area contributed by atoms with Crippen LogP contribution < -0.4 is 20.3 Å².